The second kappa shape index (κ2) is 5.21. The molecule has 104 valence electrons. The Morgan fingerprint density at radius 2 is 1.63 bits per heavy atom. The van der Waals surface area contributed by atoms with Gasteiger partial charge in [0, 0.05) is 30.7 Å². The van der Waals surface area contributed by atoms with E-state index in [1.807, 2.05) is 13.8 Å². The number of hydrogen-bond acceptors (Lipinski definition) is 2. The van der Waals surface area contributed by atoms with Crippen molar-refractivity contribution < 1.29 is 18.0 Å². The summed E-state index contributed by atoms with van der Waals surface area (Å²) in [4.78, 5) is 13.8. The standard InChI is InChI=1S/C13H15F3N2O/c1-7-5-17-6-8(2)18(7)13(19)9-3-10(14)12(16)11(15)4-9/h3-4,7-8,17H,5-6H2,1-2H3. The number of hydrogen-bond donors (Lipinski definition) is 1. The Morgan fingerprint density at radius 1 is 1.16 bits per heavy atom. The molecule has 0 radical (unpaired) electrons. The highest BCUT2D eigenvalue weighted by Crippen LogP contribution is 2.19. The summed E-state index contributed by atoms with van der Waals surface area (Å²) in [7, 11) is 0. The van der Waals surface area contributed by atoms with E-state index in [1.165, 1.54) is 0 Å². The minimum atomic E-state index is -1.56. The first kappa shape index (κ1) is 13.9. The monoisotopic (exact) mass is 272 g/mol. The first-order valence-electron chi connectivity index (χ1n) is 6.09. The molecule has 2 atom stereocenters. The lowest BCUT2D eigenvalue weighted by atomic mass is 10.1. The topological polar surface area (TPSA) is 32.3 Å². The van der Waals surface area contributed by atoms with Gasteiger partial charge in [0.1, 0.15) is 0 Å². The predicted molar refractivity (Wildman–Crippen MR) is 64.3 cm³/mol. The molecule has 0 aliphatic carbocycles. The normalized spacial score (nSPS) is 23.5. The van der Waals surface area contributed by atoms with E-state index in [0.29, 0.717) is 13.1 Å². The van der Waals surface area contributed by atoms with Crippen molar-refractivity contribution in [3.8, 4) is 0 Å². The van der Waals surface area contributed by atoms with Gasteiger partial charge in [-0.05, 0) is 26.0 Å². The summed E-state index contributed by atoms with van der Waals surface area (Å²) in [6, 6.07) is 1.30. The molecule has 0 aromatic heterocycles. The van der Waals surface area contributed by atoms with Crippen molar-refractivity contribution in [2.24, 2.45) is 0 Å². The summed E-state index contributed by atoms with van der Waals surface area (Å²) in [5.74, 6) is -4.74. The number of amides is 1. The van der Waals surface area contributed by atoms with Crippen LogP contribution in [0.25, 0.3) is 0 Å². The van der Waals surface area contributed by atoms with Crippen LogP contribution < -0.4 is 5.32 Å². The SMILES string of the molecule is CC1CNCC(C)N1C(=O)c1cc(F)c(F)c(F)c1. The van der Waals surface area contributed by atoms with Gasteiger partial charge < -0.3 is 10.2 Å². The number of piperazine rings is 1. The predicted octanol–water partition coefficient (Wildman–Crippen LogP) is 1.93. The molecule has 1 aliphatic heterocycles. The average molecular weight is 272 g/mol. The average Bonchev–Trinajstić information content (AvgIpc) is 2.35. The quantitative estimate of drug-likeness (QED) is 0.792. The highest BCUT2D eigenvalue weighted by atomic mass is 19.2. The summed E-state index contributed by atoms with van der Waals surface area (Å²) >= 11 is 0. The zero-order valence-corrected chi connectivity index (χ0v) is 10.7. The van der Waals surface area contributed by atoms with Gasteiger partial charge in [0.25, 0.3) is 5.91 Å². The van der Waals surface area contributed by atoms with Gasteiger partial charge in [-0.2, -0.15) is 0 Å². The van der Waals surface area contributed by atoms with E-state index >= 15 is 0 Å². The molecule has 19 heavy (non-hydrogen) atoms. The number of carbonyl (C=O) groups is 1. The van der Waals surface area contributed by atoms with Crippen LogP contribution in [0, 0.1) is 17.5 Å². The molecule has 1 amide bonds. The van der Waals surface area contributed by atoms with Crippen molar-refractivity contribution in [1.82, 2.24) is 10.2 Å². The van der Waals surface area contributed by atoms with Crippen molar-refractivity contribution in [2.45, 2.75) is 25.9 Å². The van der Waals surface area contributed by atoms with E-state index < -0.39 is 23.4 Å². The zero-order valence-electron chi connectivity index (χ0n) is 10.7. The van der Waals surface area contributed by atoms with Gasteiger partial charge in [0.2, 0.25) is 0 Å². The third-order valence-electron chi connectivity index (χ3n) is 3.29. The minimum Gasteiger partial charge on any atom is -0.331 e. The Labute approximate surface area is 109 Å². The maximum absolute atomic E-state index is 13.2. The van der Waals surface area contributed by atoms with Crippen LogP contribution in [-0.2, 0) is 0 Å². The summed E-state index contributed by atoms with van der Waals surface area (Å²) in [5, 5.41) is 3.15. The van der Waals surface area contributed by atoms with Gasteiger partial charge in [-0.1, -0.05) is 0 Å². The van der Waals surface area contributed by atoms with Crippen LogP contribution in [0.15, 0.2) is 12.1 Å². The van der Waals surface area contributed by atoms with E-state index in [2.05, 4.69) is 5.32 Å². The van der Waals surface area contributed by atoms with Crippen molar-refractivity contribution in [3.05, 3.63) is 35.1 Å². The maximum atomic E-state index is 13.2. The second-order valence-electron chi connectivity index (χ2n) is 4.82. The van der Waals surface area contributed by atoms with Crippen molar-refractivity contribution in [1.29, 1.82) is 0 Å². The zero-order chi connectivity index (χ0) is 14.2. The molecule has 2 rings (SSSR count). The molecular formula is C13H15F3N2O. The van der Waals surface area contributed by atoms with Crippen LogP contribution in [0.1, 0.15) is 24.2 Å². The summed E-state index contributed by atoms with van der Waals surface area (Å²) < 4.78 is 39.2. The number of nitrogens with zero attached hydrogens (tertiary/aromatic N) is 1. The van der Waals surface area contributed by atoms with Crippen LogP contribution >= 0.6 is 0 Å². The molecule has 1 aromatic rings. The van der Waals surface area contributed by atoms with E-state index in [0.717, 1.165) is 12.1 Å². The molecule has 1 heterocycles. The molecule has 1 aromatic carbocycles. The van der Waals surface area contributed by atoms with E-state index in [-0.39, 0.29) is 17.6 Å². The summed E-state index contributed by atoms with van der Waals surface area (Å²) in [6.45, 7) is 4.91. The molecule has 0 bridgehead atoms. The summed E-state index contributed by atoms with van der Waals surface area (Å²) in [6.07, 6.45) is 0. The van der Waals surface area contributed by atoms with Crippen molar-refractivity contribution in [3.63, 3.8) is 0 Å². The largest absolute Gasteiger partial charge is 0.331 e. The minimum absolute atomic E-state index is 0.0903. The molecular weight excluding hydrogens is 257 g/mol. The molecule has 1 fully saturated rings. The molecule has 1 N–H and O–H groups in total. The Balaban J connectivity index is 2.33. The van der Waals surface area contributed by atoms with Crippen LogP contribution in [0.2, 0.25) is 0 Å². The molecule has 3 nitrogen and oxygen atoms in total. The Hall–Kier alpha value is -1.56. The number of halogens is 3. The lowest BCUT2D eigenvalue weighted by molar-refractivity contribution is 0.0543. The Kier molecular flexibility index (Phi) is 3.80. The van der Waals surface area contributed by atoms with Gasteiger partial charge in [-0.25, -0.2) is 13.2 Å². The van der Waals surface area contributed by atoms with Crippen molar-refractivity contribution >= 4 is 5.91 Å². The fourth-order valence-electron chi connectivity index (χ4n) is 2.36. The molecule has 6 heteroatoms. The highest BCUT2D eigenvalue weighted by Gasteiger charge is 2.30. The fraction of sp³-hybridized carbons (Fsp3) is 0.462. The second-order valence-corrected chi connectivity index (χ2v) is 4.82. The van der Waals surface area contributed by atoms with Gasteiger partial charge >= 0.3 is 0 Å². The van der Waals surface area contributed by atoms with Crippen LogP contribution in [0.5, 0.6) is 0 Å². The Morgan fingerprint density at radius 3 is 2.11 bits per heavy atom. The van der Waals surface area contributed by atoms with E-state index in [9.17, 15) is 18.0 Å². The lowest BCUT2D eigenvalue weighted by Crippen LogP contribution is -2.57. The molecule has 1 saturated heterocycles. The van der Waals surface area contributed by atoms with E-state index in [1.54, 1.807) is 4.90 Å². The number of nitrogens with one attached hydrogen (secondary N) is 1. The third-order valence-corrected chi connectivity index (χ3v) is 3.29. The molecule has 1 aliphatic rings. The smallest absolute Gasteiger partial charge is 0.254 e. The van der Waals surface area contributed by atoms with E-state index in [4.69, 9.17) is 0 Å². The third kappa shape index (κ3) is 2.58. The fourth-order valence-corrected chi connectivity index (χ4v) is 2.36. The van der Waals surface area contributed by atoms with Crippen LogP contribution in [0.4, 0.5) is 13.2 Å². The van der Waals surface area contributed by atoms with Gasteiger partial charge in [0.05, 0.1) is 0 Å². The first-order chi connectivity index (χ1) is 8.91. The number of rotatable bonds is 1. The lowest BCUT2D eigenvalue weighted by Gasteiger charge is -2.39. The van der Waals surface area contributed by atoms with Crippen LogP contribution in [-0.4, -0.2) is 36.0 Å². The Bertz CT molecular complexity index is 474. The van der Waals surface area contributed by atoms with Gasteiger partial charge in [-0.3, -0.25) is 4.79 Å². The highest BCUT2D eigenvalue weighted by molar-refractivity contribution is 5.94. The van der Waals surface area contributed by atoms with Gasteiger partial charge in [-0.15, -0.1) is 0 Å². The van der Waals surface area contributed by atoms with Gasteiger partial charge in [0.15, 0.2) is 17.5 Å². The first-order valence-corrected chi connectivity index (χ1v) is 6.09. The van der Waals surface area contributed by atoms with Crippen LogP contribution in [0.3, 0.4) is 0 Å². The molecule has 0 spiro atoms. The molecule has 2 unspecified atom stereocenters. The number of carbonyl (C=O) groups excluding carboxylic acids is 1. The maximum Gasteiger partial charge on any atom is 0.254 e. The number of benzene rings is 1. The molecule has 0 saturated carbocycles. The summed E-state index contributed by atoms with van der Waals surface area (Å²) in [5.41, 5.74) is -0.169. The van der Waals surface area contributed by atoms with Crippen molar-refractivity contribution in [2.75, 3.05) is 13.1 Å².